The maximum atomic E-state index is 12.4. The zero-order chi connectivity index (χ0) is 14.2. The van der Waals surface area contributed by atoms with Gasteiger partial charge in [0.25, 0.3) is 0 Å². The number of hydrogen-bond acceptors (Lipinski definition) is 5. The van der Waals surface area contributed by atoms with Gasteiger partial charge in [0.2, 0.25) is 0 Å². The summed E-state index contributed by atoms with van der Waals surface area (Å²) in [5, 5.41) is 9.47. The first-order valence-corrected chi connectivity index (χ1v) is 6.13. The number of hydrogen-bond donors (Lipinski definition) is 3. The van der Waals surface area contributed by atoms with Gasteiger partial charge in [-0.05, 0) is 43.5 Å². The minimum atomic E-state index is -0.519. The van der Waals surface area contributed by atoms with E-state index in [1.807, 2.05) is 13.8 Å². The van der Waals surface area contributed by atoms with Gasteiger partial charge in [-0.2, -0.15) is 0 Å². The molecule has 1 aromatic heterocycles. The molecule has 0 fully saturated rings. The van der Waals surface area contributed by atoms with Gasteiger partial charge in [-0.25, -0.2) is 0 Å². The van der Waals surface area contributed by atoms with Crippen LogP contribution in [0.2, 0.25) is 0 Å². The zero-order valence-corrected chi connectivity index (χ0v) is 11.1. The minimum absolute atomic E-state index is 0.0738. The van der Waals surface area contributed by atoms with Crippen molar-refractivity contribution in [3.63, 3.8) is 0 Å². The Morgan fingerprint density at radius 1 is 1.32 bits per heavy atom. The highest BCUT2D eigenvalue weighted by atomic mass is 16.3. The molecule has 5 nitrogen and oxygen atoms in total. The highest BCUT2D eigenvalue weighted by molar-refractivity contribution is 5.80. The van der Waals surface area contributed by atoms with E-state index in [4.69, 9.17) is 21.0 Å². The first-order valence-electron chi connectivity index (χ1n) is 6.13. The molecule has 0 aliphatic heterocycles. The second-order valence-corrected chi connectivity index (χ2v) is 4.85. The highest BCUT2D eigenvalue weighted by Gasteiger charge is 2.15. The molecule has 102 valence electrons. The summed E-state index contributed by atoms with van der Waals surface area (Å²) < 4.78 is 5.50. The maximum absolute atomic E-state index is 12.4. The van der Waals surface area contributed by atoms with Crippen LogP contribution in [0.5, 0.6) is 0 Å². The number of rotatable bonds is 3. The van der Waals surface area contributed by atoms with Crippen LogP contribution in [0.25, 0.3) is 11.0 Å². The first kappa shape index (κ1) is 13.6. The largest absolute Gasteiger partial charge is 0.440 e. The molecule has 0 bridgehead atoms. The zero-order valence-electron chi connectivity index (χ0n) is 11.1. The molecule has 0 aliphatic rings. The third kappa shape index (κ3) is 2.47. The fraction of sp³-hybridized carbons (Fsp3) is 0.357. The van der Waals surface area contributed by atoms with Crippen molar-refractivity contribution in [2.75, 3.05) is 12.3 Å². The van der Waals surface area contributed by atoms with E-state index in [9.17, 15) is 4.79 Å². The van der Waals surface area contributed by atoms with Crippen LogP contribution < -0.4 is 16.9 Å². The van der Waals surface area contributed by atoms with E-state index in [0.717, 1.165) is 11.1 Å². The lowest BCUT2D eigenvalue weighted by Crippen LogP contribution is -2.30. The molecule has 0 spiro atoms. The monoisotopic (exact) mass is 262 g/mol. The van der Waals surface area contributed by atoms with Crippen LogP contribution in [0.3, 0.4) is 0 Å². The Morgan fingerprint density at radius 2 is 1.95 bits per heavy atom. The molecule has 1 heterocycles. The van der Waals surface area contributed by atoms with Gasteiger partial charge < -0.3 is 21.0 Å². The van der Waals surface area contributed by atoms with Crippen LogP contribution in [0.15, 0.2) is 21.3 Å². The third-order valence-electron chi connectivity index (χ3n) is 3.33. The average Bonchev–Trinajstić information content (AvgIpc) is 2.37. The SMILES string of the molecule is Cc1cc2oc(N)c(CC(N)CO)c(=O)c2cc1C. The van der Waals surface area contributed by atoms with Crippen LogP contribution >= 0.6 is 0 Å². The fourth-order valence-electron chi connectivity index (χ4n) is 2.03. The predicted molar refractivity (Wildman–Crippen MR) is 75.1 cm³/mol. The van der Waals surface area contributed by atoms with Gasteiger partial charge in [0.1, 0.15) is 5.58 Å². The quantitative estimate of drug-likeness (QED) is 0.761. The molecule has 2 rings (SSSR count). The first-order chi connectivity index (χ1) is 8.93. The number of aliphatic hydroxyl groups is 1. The Hall–Kier alpha value is -1.85. The molecule has 0 radical (unpaired) electrons. The Balaban J connectivity index is 2.67. The van der Waals surface area contributed by atoms with E-state index in [0.29, 0.717) is 16.5 Å². The summed E-state index contributed by atoms with van der Waals surface area (Å²) in [6.45, 7) is 3.67. The summed E-state index contributed by atoms with van der Waals surface area (Å²) in [5.41, 5.74) is 14.1. The molecule has 19 heavy (non-hydrogen) atoms. The number of nitrogens with two attached hydrogens (primary N) is 2. The molecule has 0 saturated carbocycles. The van der Waals surface area contributed by atoms with E-state index in [1.165, 1.54) is 0 Å². The van der Waals surface area contributed by atoms with Gasteiger partial charge in [-0.15, -0.1) is 0 Å². The highest BCUT2D eigenvalue weighted by Crippen LogP contribution is 2.21. The maximum Gasteiger partial charge on any atom is 0.198 e. The van der Waals surface area contributed by atoms with E-state index < -0.39 is 6.04 Å². The van der Waals surface area contributed by atoms with Crippen molar-refractivity contribution in [3.8, 4) is 0 Å². The van der Waals surface area contributed by atoms with Crippen LogP contribution in [-0.2, 0) is 6.42 Å². The molecule has 0 saturated heterocycles. The molecule has 0 aliphatic carbocycles. The van der Waals surface area contributed by atoms with Crippen molar-refractivity contribution in [3.05, 3.63) is 39.0 Å². The lowest BCUT2D eigenvalue weighted by molar-refractivity contribution is 0.265. The minimum Gasteiger partial charge on any atom is -0.440 e. The average molecular weight is 262 g/mol. The molecule has 1 unspecified atom stereocenters. The van der Waals surface area contributed by atoms with E-state index in [-0.39, 0.29) is 24.3 Å². The lowest BCUT2D eigenvalue weighted by atomic mass is 10.0. The fourth-order valence-corrected chi connectivity index (χ4v) is 2.03. The number of benzene rings is 1. The van der Waals surface area contributed by atoms with Crippen molar-refractivity contribution in [1.82, 2.24) is 0 Å². The Morgan fingerprint density at radius 3 is 2.58 bits per heavy atom. The molecule has 2 aromatic rings. The Bertz CT molecular complexity index is 676. The van der Waals surface area contributed by atoms with E-state index >= 15 is 0 Å². The van der Waals surface area contributed by atoms with Gasteiger partial charge in [0.05, 0.1) is 17.6 Å². The second-order valence-electron chi connectivity index (χ2n) is 4.85. The summed E-state index contributed by atoms with van der Waals surface area (Å²) in [6.07, 6.45) is 0.202. The predicted octanol–water partition coefficient (Wildman–Crippen LogP) is 0.854. The summed E-state index contributed by atoms with van der Waals surface area (Å²) >= 11 is 0. The van der Waals surface area contributed by atoms with Gasteiger partial charge in [-0.1, -0.05) is 0 Å². The number of anilines is 1. The van der Waals surface area contributed by atoms with Gasteiger partial charge in [0, 0.05) is 6.04 Å². The van der Waals surface area contributed by atoms with Gasteiger partial charge in [-0.3, -0.25) is 4.79 Å². The van der Waals surface area contributed by atoms with Gasteiger partial charge >= 0.3 is 0 Å². The molecular formula is C14H18N2O3. The van der Waals surface area contributed by atoms with Crippen LogP contribution in [0.1, 0.15) is 16.7 Å². The Labute approximate surface area is 110 Å². The molecule has 5 heteroatoms. The lowest BCUT2D eigenvalue weighted by Gasteiger charge is -2.11. The topological polar surface area (TPSA) is 102 Å². The summed E-state index contributed by atoms with van der Waals surface area (Å²) in [6, 6.07) is 3.08. The summed E-state index contributed by atoms with van der Waals surface area (Å²) in [4.78, 5) is 12.4. The van der Waals surface area contributed by atoms with Gasteiger partial charge in [0.15, 0.2) is 11.3 Å². The van der Waals surface area contributed by atoms with E-state index in [2.05, 4.69) is 0 Å². The molecular weight excluding hydrogens is 244 g/mol. The second kappa shape index (κ2) is 5.03. The smallest absolute Gasteiger partial charge is 0.198 e. The van der Waals surface area contributed by atoms with Crippen LogP contribution in [0.4, 0.5) is 5.88 Å². The van der Waals surface area contributed by atoms with Crippen molar-refractivity contribution >= 4 is 16.9 Å². The normalized spacial score (nSPS) is 12.8. The summed E-state index contributed by atoms with van der Waals surface area (Å²) in [5.74, 6) is 0.0738. The van der Waals surface area contributed by atoms with Crippen molar-refractivity contribution < 1.29 is 9.52 Å². The molecule has 1 aromatic carbocycles. The van der Waals surface area contributed by atoms with Crippen LogP contribution in [0, 0.1) is 13.8 Å². The van der Waals surface area contributed by atoms with Crippen molar-refractivity contribution in [2.45, 2.75) is 26.3 Å². The summed E-state index contributed by atoms with van der Waals surface area (Å²) in [7, 11) is 0. The number of fused-ring (bicyclic) bond motifs is 1. The number of aliphatic hydroxyl groups excluding tert-OH is 1. The number of nitrogen functional groups attached to an aromatic ring is 1. The molecule has 5 N–H and O–H groups in total. The van der Waals surface area contributed by atoms with Crippen molar-refractivity contribution in [2.24, 2.45) is 5.73 Å². The van der Waals surface area contributed by atoms with Crippen molar-refractivity contribution in [1.29, 1.82) is 0 Å². The molecule has 0 amide bonds. The number of aryl methyl sites for hydroxylation is 2. The van der Waals surface area contributed by atoms with Crippen LogP contribution in [-0.4, -0.2) is 17.8 Å². The Kier molecular flexibility index (Phi) is 3.59. The third-order valence-corrected chi connectivity index (χ3v) is 3.33. The molecule has 1 atom stereocenters. The standard InChI is InChI=1S/C14H18N2O3/c1-7-3-10-12(4-8(7)2)19-14(16)11(13(10)18)5-9(15)6-17/h3-4,9,17H,5-6,15-16H2,1-2H3. The van der Waals surface area contributed by atoms with E-state index in [1.54, 1.807) is 12.1 Å².